The zero-order chi connectivity index (χ0) is 33.7. The van der Waals surface area contributed by atoms with Gasteiger partial charge in [-0.3, -0.25) is 0 Å². The molecule has 0 aliphatic carbocycles. The van der Waals surface area contributed by atoms with E-state index in [1.54, 1.807) is 0 Å². The van der Waals surface area contributed by atoms with E-state index < -0.39 is 0 Å². The van der Waals surface area contributed by atoms with Crippen LogP contribution in [0.5, 0.6) is 0 Å². The minimum absolute atomic E-state index is 0.824. The SMILES string of the molecule is c1ccc(-c2cccc(-c3ccc(N(c4cccc5c4oc4ccccc45)c4c(-c5ccccc5)ccc5c4oc4ccccc45)cc3)c2)cc1. The number of rotatable bonds is 6. The highest BCUT2D eigenvalue weighted by molar-refractivity contribution is 6.16. The standard InChI is InChI=1S/C48H31NO2/c1-3-13-32(14-4-1)35-17-11-18-36(31-35)33-25-27-37(28-26-33)49(43-22-12-21-41-39-19-7-9-23-44(39)50-47(41)43)46-38(34-15-5-2-6-16-34)29-30-42-40-20-8-10-24-45(40)51-48(42)46/h1-31H. The number of nitrogens with zero attached hydrogens (tertiary/aromatic N) is 1. The van der Waals surface area contributed by atoms with Gasteiger partial charge in [0.15, 0.2) is 11.2 Å². The van der Waals surface area contributed by atoms with Crippen molar-refractivity contribution in [2.24, 2.45) is 0 Å². The molecule has 0 aliphatic rings. The Kier molecular flexibility index (Phi) is 6.81. The van der Waals surface area contributed by atoms with Gasteiger partial charge in [-0.25, -0.2) is 0 Å². The summed E-state index contributed by atoms with van der Waals surface area (Å²) in [5.74, 6) is 0. The van der Waals surface area contributed by atoms with Gasteiger partial charge in [-0.1, -0.05) is 146 Å². The topological polar surface area (TPSA) is 29.5 Å². The summed E-state index contributed by atoms with van der Waals surface area (Å²) in [4.78, 5) is 2.32. The first-order valence-corrected chi connectivity index (χ1v) is 17.3. The van der Waals surface area contributed by atoms with Crippen LogP contribution in [0.25, 0.3) is 77.3 Å². The van der Waals surface area contributed by atoms with Crippen molar-refractivity contribution in [3.63, 3.8) is 0 Å². The van der Waals surface area contributed by atoms with Gasteiger partial charge in [0.2, 0.25) is 0 Å². The van der Waals surface area contributed by atoms with Crippen molar-refractivity contribution in [3.05, 3.63) is 188 Å². The predicted molar refractivity (Wildman–Crippen MR) is 212 cm³/mol. The van der Waals surface area contributed by atoms with E-state index in [0.29, 0.717) is 0 Å². The molecule has 0 unspecified atom stereocenters. The molecule has 0 spiro atoms. The van der Waals surface area contributed by atoms with Crippen molar-refractivity contribution in [1.82, 2.24) is 0 Å². The predicted octanol–water partition coefficient (Wildman–Crippen LogP) is 14.0. The lowest BCUT2D eigenvalue weighted by atomic mass is 9.97. The van der Waals surface area contributed by atoms with Crippen molar-refractivity contribution in [2.45, 2.75) is 0 Å². The molecule has 10 rings (SSSR count). The first kappa shape index (κ1) is 29.1. The minimum Gasteiger partial charge on any atom is -0.454 e. The Morgan fingerprint density at radius 1 is 0.333 bits per heavy atom. The van der Waals surface area contributed by atoms with Crippen molar-refractivity contribution in [1.29, 1.82) is 0 Å². The summed E-state index contributed by atoms with van der Waals surface area (Å²) in [7, 11) is 0. The lowest BCUT2D eigenvalue weighted by Crippen LogP contribution is -2.12. The smallest absolute Gasteiger partial charge is 0.160 e. The number of fused-ring (bicyclic) bond motifs is 6. The van der Waals surface area contributed by atoms with E-state index in [-0.39, 0.29) is 0 Å². The maximum absolute atomic E-state index is 6.82. The van der Waals surface area contributed by atoms with Gasteiger partial charge in [-0.15, -0.1) is 0 Å². The Hall–Kier alpha value is -6.84. The molecule has 2 heterocycles. The van der Waals surface area contributed by atoms with Gasteiger partial charge in [0.25, 0.3) is 0 Å². The second-order valence-electron chi connectivity index (χ2n) is 12.9. The largest absolute Gasteiger partial charge is 0.454 e. The highest BCUT2D eigenvalue weighted by Gasteiger charge is 2.26. The van der Waals surface area contributed by atoms with E-state index in [9.17, 15) is 0 Å². The third-order valence-corrected chi connectivity index (χ3v) is 9.88. The molecule has 51 heavy (non-hydrogen) atoms. The molecule has 0 N–H and O–H groups in total. The zero-order valence-electron chi connectivity index (χ0n) is 27.7. The summed E-state index contributed by atoms with van der Waals surface area (Å²) in [6, 6.07) is 66.1. The van der Waals surface area contributed by atoms with E-state index >= 15 is 0 Å². The lowest BCUT2D eigenvalue weighted by Gasteiger charge is -2.28. The van der Waals surface area contributed by atoms with Gasteiger partial charge < -0.3 is 13.7 Å². The quantitative estimate of drug-likeness (QED) is 0.179. The fraction of sp³-hybridized carbons (Fsp3) is 0. The van der Waals surface area contributed by atoms with E-state index in [2.05, 4.69) is 169 Å². The van der Waals surface area contributed by atoms with Crippen molar-refractivity contribution in [2.75, 3.05) is 4.90 Å². The van der Waals surface area contributed by atoms with Crippen LogP contribution in [0.4, 0.5) is 17.1 Å². The van der Waals surface area contributed by atoms with Crippen LogP contribution in [0.2, 0.25) is 0 Å². The maximum Gasteiger partial charge on any atom is 0.160 e. The van der Waals surface area contributed by atoms with Gasteiger partial charge in [0, 0.05) is 32.8 Å². The molecular weight excluding hydrogens is 623 g/mol. The van der Waals surface area contributed by atoms with Crippen LogP contribution >= 0.6 is 0 Å². The molecule has 0 atom stereocenters. The number of anilines is 3. The molecule has 0 aliphatic heterocycles. The number of hydrogen-bond donors (Lipinski definition) is 0. The van der Waals surface area contributed by atoms with Crippen molar-refractivity contribution >= 4 is 60.9 Å². The summed E-state index contributed by atoms with van der Waals surface area (Å²) in [5, 5.41) is 4.31. The fourth-order valence-corrected chi connectivity index (χ4v) is 7.46. The number of benzene rings is 8. The molecule has 10 aromatic rings. The molecule has 0 saturated carbocycles. The summed E-state index contributed by atoms with van der Waals surface area (Å²) in [6.45, 7) is 0. The van der Waals surface area contributed by atoms with Crippen LogP contribution in [0.15, 0.2) is 197 Å². The molecule has 0 bridgehead atoms. The third-order valence-electron chi connectivity index (χ3n) is 9.88. The summed E-state index contributed by atoms with van der Waals surface area (Å²) in [5.41, 5.74) is 13.1. The fourth-order valence-electron chi connectivity index (χ4n) is 7.46. The average Bonchev–Trinajstić information content (AvgIpc) is 3.78. The Morgan fingerprint density at radius 2 is 0.843 bits per heavy atom. The van der Waals surface area contributed by atoms with Gasteiger partial charge in [-0.05, 0) is 70.3 Å². The van der Waals surface area contributed by atoms with E-state index in [4.69, 9.17) is 8.83 Å². The third kappa shape index (κ3) is 4.90. The average molecular weight is 654 g/mol. The molecule has 3 nitrogen and oxygen atoms in total. The highest BCUT2D eigenvalue weighted by Crippen LogP contribution is 2.50. The Bertz CT molecular complexity index is 2850. The second-order valence-corrected chi connectivity index (χ2v) is 12.9. The maximum atomic E-state index is 6.82. The number of furan rings is 2. The second kappa shape index (κ2) is 11.9. The van der Waals surface area contributed by atoms with Gasteiger partial charge in [0.1, 0.15) is 11.2 Å². The molecule has 2 aromatic heterocycles. The normalized spacial score (nSPS) is 11.5. The lowest BCUT2D eigenvalue weighted by molar-refractivity contribution is 0.666. The Labute approximate surface area is 295 Å². The summed E-state index contributed by atoms with van der Waals surface area (Å²) < 4.78 is 13.5. The van der Waals surface area contributed by atoms with Crippen LogP contribution in [0, 0.1) is 0 Å². The van der Waals surface area contributed by atoms with Crippen molar-refractivity contribution < 1.29 is 8.83 Å². The van der Waals surface area contributed by atoms with E-state index in [1.165, 1.54) is 11.1 Å². The molecular formula is C48H31NO2. The highest BCUT2D eigenvalue weighted by atomic mass is 16.3. The van der Waals surface area contributed by atoms with Crippen LogP contribution in [-0.4, -0.2) is 0 Å². The van der Waals surface area contributed by atoms with Crippen LogP contribution < -0.4 is 4.90 Å². The van der Waals surface area contributed by atoms with Crippen LogP contribution in [-0.2, 0) is 0 Å². The monoisotopic (exact) mass is 653 g/mol. The first-order valence-electron chi connectivity index (χ1n) is 17.3. The zero-order valence-corrected chi connectivity index (χ0v) is 27.7. The van der Waals surface area contributed by atoms with Gasteiger partial charge in [-0.2, -0.15) is 0 Å². The molecule has 0 radical (unpaired) electrons. The molecule has 240 valence electrons. The Balaban J connectivity index is 1.23. The van der Waals surface area contributed by atoms with Crippen LogP contribution in [0.1, 0.15) is 0 Å². The van der Waals surface area contributed by atoms with Crippen molar-refractivity contribution in [3.8, 4) is 33.4 Å². The Morgan fingerprint density at radius 3 is 1.53 bits per heavy atom. The van der Waals surface area contributed by atoms with Gasteiger partial charge >= 0.3 is 0 Å². The first-order chi connectivity index (χ1) is 25.3. The molecule has 0 saturated heterocycles. The van der Waals surface area contributed by atoms with Gasteiger partial charge in [0.05, 0.1) is 11.4 Å². The molecule has 3 heteroatoms. The molecule has 0 amide bonds. The number of hydrogen-bond acceptors (Lipinski definition) is 3. The summed E-state index contributed by atoms with van der Waals surface area (Å²) >= 11 is 0. The molecule has 8 aromatic carbocycles. The summed E-state index contributed by atoms with van der Waals surface area (Å²) in [6.07, 6.45) is 0. The molecule has 0 fully saturated rings. The van der Waals surface area contributed by atoms with E-state index in [0.717, 1.165) is 83.2 Å². The number of para-hydroxylation sites is 3. The minimum atomic E-state index is 0.824. The van der Waals surface area contributed by atoms with Crippen LogP contribution in [0.3, 0.4) is 0 Å². The van der Waals surface area contributed by atoms with E-state index in [1.807, 2.05) is 24.3 Å².